The van der Waals surface area contributed by atoms with Crippen LogP contribution in [0.5, 0.6) is 5.88 Å². The number of aromatic nitrogens is 2. The molecule has 2 aromatic carbocycles. The van der Waals surface area contributed by atoms with Gasteiger partial charge in [-0.2, -0.15) is 4.98 Å². The first-order valence-corrected chi connectivity index (χ1v) is 12.8. The second-order valence-corrected chi connectivity index (χ2v) is 10.5. The first-order valence-electron chi connectivity index (χ1n) is 11.9. The zero-order valence-electron chi connectivity index (χ0n) is 19.4. The van der Waals surface area contributed by atoms with Crippen molar-refractivity contribution in [1.29, 1.82) is 0 Å². The SMILES string of the molecule is O=C(c1ccccc1)N1CC2(C1)CN(c1nc(/C=C3/CNCS3)cc(OCc3ccccc3)n1)C2. The van der Waals surface area contributed by atoms with Crippen molar-refractivity contribution in [3.8, 4) is 5.88 Å². The number of likely N-dealkylation sites (tertiary alicyclic amines) is 1. The van der Waals surface area contributed by atoms with Gasteiger partial charge in [0.05, 0.1) is 5.69 Å². The van der Waals surface area contributed by atoms with E-state index in [1.54, 1.807) is 11.8 Å². The lowest BCUT2D eigenvalue weighted by molar-refractivity contribution is -0.0111. The summed E-state index contributed by atoms with van der Waals surface area (Å²) in [5, 5.41) is 3.34. The van der Waals surface area contributed by atoms with Gasteiger partial charge in [0.15, 0.2) is 0 Å². The van der Waals surface area contributed by atoms with E-state index in [4.69, 9.17) is 14.7 Å². The minimum atomic E-state index is 0.110. The summed E-state index contributed by atoms with van der Waals surface area (Å²) < 4.78 is 6.06. The summed E-state index contributed by atoms with van der Waals surface area (Å²) >= 11 is 1.80. The van der Waals surface area contributed by atoms with Crippen LogP contribution < -0.4 is 15.0 Å². The third-order valence-corrected chi connectivity index (χ3v) is 7.59. The van der Waals surface area contributed by atoms with E-state index in [0.29, 0.717) is 18.4 Å². The standard InChI is InChI=1S/C27H27N5O2S/c33-25(21-9-5-2-6-10-21)31-15-27(16-31)17-32(18-27)26-29-22(11-23-13-28-19-35-23)12-24(30-26)34-14-20-7-3-1-4-8-20/h1-12,28H,13-19H2/b23-11-. The maximum absolute atomic E-state index is 12.7. The topological polar surface area (TPSA) is 70.6 Å². The molecule has 3 aliphatic heterocycles. The molecule has 178 valence electrons. The highest BCUT2D eigenvalue weighted by Gasteiger charge is 2.54. The summed E-state index contributed by atoms with van der Waals surface area (Å²) in [6.07, 6.45) is 2.12. The van der Waals surface area contributed by atoms with Gasteiger partial charge < -0.3 is 19.9 Å². The summed E-state index contributed by atoms with van der Waals surface area (Å²) in [5.74, 6) is 2.31. The number of thioether (sulfide) groups is 1. The fourth-order valence-corrected chi connectivity index (χ4v) is 5.65. The van der Waals surface area contributed by atoms with Gasteiger partial charge in [-0.05, 0) is 23.8 Å². The zero-order chi connectivity index (χ0) is 23.7. The number of amides is 1. The molecule has 1 spiro atoms. The van der Waals surface area contributed by atoms with Crippen LogP contribution >= 0.6 is 11.8 Å². The molecular weight excluding hydrogens is 458 g/mol. The summed E-state index contributed by atoms with van der Waals surface area (Å²) in [6, 6.07) is 21.5. The van der Waals surface area contributed by atoms with Crippen molar-refractivity contribution in [1.82, 2.24) is 20.2 Å². The van der Waals surface area contributed by atoms with Gasteiger partial charge in [0.25, 0.3) is 5.91 Å². The Balaban J connectivity index is 1.14. The number of nitrogens with one attached hydrogen (secondary N) is 1. The van der Waals surface area contributed by atoms with Crippen molar-refractivity contribution in [3.63, 3.8) is 0 Å². The van der Waals surface area contributed by atoms with Crippen molar-refractivity contribution >= 4 is 29.7 Å². The fourth-order valence-electron chi connectivity index (χ4n) is 4.85. The molecule has 0 atom stereocenters. The van der Waals surface area contributed by atoms with Crippen LogP contribution in [0.25, 0.3) is 6.08 Å². The molecule has 3 aliphatic rings. The Hall–Kier alpha value is -3.36. The Kier molecular flexibility index (Phi) is 5.91. The zero-order valence-corrected chi connectivity index (χ0v) is 20.2. The van der Waals surface area contributed by atoms with E-state index < -0.39 is 0 Å². The number of anilines is 1. The molecule has 0 radical (unpaired) electrons. The normalized spacial score (nSPS) is 19.5. The number of hydrogen-bond acceptors (Lipinski definition) is 7. The third kappa shape index (κ3) is 4.76. The first-order chi connectivity index (χ1) is 17.2. The lowest BCUT2D eigenvalue weighted by Gasteiger charge is -2.60. The Labute approximate surface area is 209 Å². The molecule has 7 nitrogen and oxygen atoms in total. The average molecular weight is 486 g/mol. The summed E-state index contributed by atoms with van der Waals surface area (Å²) in [4.78, 5) is 27.7. The van der Waals surface area contributed by atoms with Gasteiger partial charge in [0.2, 0.25) is 11.8 Å². The van der Waals surface area contributed by atoms with Crippen LogP contribution in [0.4, 0.5) is 5.95 Å². The molecule has 1 N–H and O–H groups in total. The number of carbonyl (C=O) groups excluding carboxylic acids is 1. The number of rotatable bonds is 6. The lowest BCUT2D eigenvalue weighted by Crippen LogP contribution is -2.73. The van der Waals surface area contributed by atoms with Crippen molar-refractivity contribution in [3.05, 3.63) is 88.5 Å². The predicted molar refractivity (Wildman–Crippen MR) is 138 cm³/mol. The van der Waals surface area contributed by atoms with Crippen molar-refractivity contribution in [2.24, 2.45) is 5.41 Å². The minimum Gasteiger partial charge on any atom is -0.473 e. The van der Waals surface area contributed by atoms with Crippen molar-refractivity contribution < 1.29 is 9.53 Å². The molecule has 6 rings (SSSR count). The van der Waals surface area contributed by atoms with Gasteiger partial charge in [-0.15, -0.1) is 11.8 Å². The molecule has 3 saturated heterocycles. The van der Waals surface area contributed by atoms with Gasteiger partial charge in [0.1, 0.15) is 6.61 Å². The predicted octanol–water partition coefficient (Wildman–Crippen LogP) is 3.65. The smallest absolute Gasteiger partial charge is 0.253 e. The van der Waals surface area contributed by atoms with Gasteiger partial charge in [-0.25, -0.2) is 4.98 Å². The minimum absolute atomic E-state index is 0.110. The molecule has 0 bridgehead atoms. The Morgan fingerprint density at radius 1 is 1.03 bits per heavy atom. The number of benzene rings is 2. The van der Waals surface area contributed by atoms with Crippen LogP contribution in [0.2, 0.25) is 0 Å². The van der Waals surface area contributed by atoms with Crippen LogP contribution in [0.15, 0.2) is 71.6 Å². The highest BCUT2D eigenvalue weighted by Crippen LogP contribution is 2.42. The second-order valence-electron chi connectivity index (χ2n) is 9.41. The maximum atomic E-state index is 12.7. The van der Waals surface area contributed by atoms with E-state index in [1.165, 1.54) is 4.91 Å². The fraction of sp³-hybridized carbons (Fsp3) is 0.296. The molecule has 3 aromatic rings. The molecule has 0 unspecified atom stereocenters. The highest BCUT2D eigenvalue weighted by atomic mass is 32.2. The van der Waals surface area contributed by atoms with E-state index in [9.17, 15) is 4.79 Å². The molecular formula is C27H27N5O2S. The van der Waals surface area contributed by atoms with Gasteiger partial charge in [-0.3, -0.25) is 4.79 Å². The van der Waals surface area contributed by atoms with Gasteiger partial charge >= 0.3 is 0 Å². The Morgan fingerprint density at radius 2 is 1.77 bits per heavy atom. The molecule has 4 heterocycles. The average Bonchev–Trinajstić information content (AvgIpc) is 3.35. The highest BCUT2D eigenvalue weighted by molar-refractivity contribution is 8.03. The van der Waals surface area contributed by atoms with Crippen LogP contribution in [-0.2, 0) is 6.61 Å². The van der Waals surface area contributed by atoms with Crippen molar-refractivity contribution in [2.75, 3.05) is 43.5 Å². The van der Waals surface area contributed by atoms with Gasteiger partial charge in [0, 0.05) is 60.6 Å². The Bertz CT molecular complexity index is 1230. The number of ether oxygens (including phenoxy) is 1. The van der Waals surface area contributed by atoms with E-state index in [2.05, 4.69) is 16.3 Å². The molecule has 1 aromatic heterocycles. The van der Waals surface area contributed by atoms with Crippen LogP contribution in [-0.4, -0.2) is 59.4 Å². The molecule has 35 heavy (non-hydrogen) atoms. The summed E-state index contributed by atoms with van der Waals surface area (Å²) in [7, 11) is 0. The third-order valence-electron chi connectivity index (χ3n) is 6.60. The Morgan fingerprint density at radius 3 is 2.49 bits per heavy atom. The monoisotopic (exact) mass is 485 g/mol. The quantitative estimate of drug-likeness (QED) is 0.572. The van der Waals surface area contributed by atoms with Crippen LogP contribution in [0.3, 0.4) is 0 Å². The van der Waals surface area contributed by atoms with E-state index in [0.717, 1.165) is 55.4 Å². The number of carbonyl (C=O) groups is 1. The molecule has 3 fully saturated rings. The first kappa shape index (κ1) is 22.1. The molecule has 8 heteroatoms. The van der Waals surface area contributed by atoms with Gasteiger partial charge in [-0.1, -0.05) is 48.5 Å². The number of nitrogens with zero attached hydrogens (tertiary/aromatic N) is 4. The summed E-state index contributed by atoms with van der Waals surface area (Å²) in [6.45, 7) is 4.58. The van der Waals surface area contributed by atoms with Crippen LogP contribution in [0, 0.1) is 5.41 Å². The molecule has 0 aliphatic carbocycles. The molecule has 1 amide bonds. The lowest BCUT2D eigenvalue weighted by atomic mass is 9.72. The molecule has 0 saturated carbocycles. The van der Waals surface area contributed by atoms with E-state index >= 15 is 0 Å². The maximum Gasteiger partial charge on any atom is 0.253 e. The van der Waals surface area contributed by atoms with Crippen molar-refractivity contribution in [2.45, 2.75) is 6.61 Å². The van der Waals surface area contributed by atoms with E-state index in [-0.39, 0.29) is 11.3 Å². The summed E-state index contributed by atoms with van der Waals surface area (Å²) in [5.41, 5.74) is 2.85. The van der Waals surface area contributed by atoms with E-state index in [1.807, 2.05) is 71.6 Å². The van der Waals surface area contributed by atoms with Crippen LogP contribution in [0.1, 0.15) is 21.6 Å². The largest absolute Gasteiger partial charge is 0.473 e. The second kappa shape index (κ2) is 9.36. The number of hydrogen-bond donors (Lipinski definition) is 1.